The normalized spacial score (nSPS) is 13.6. The summed E-state index contributed by atoms with van der Waals surface area (Å²) in [4.78, 5) is 24.1. The molecule has 0 saturated heterocycles. The number of alkyl halides is 3. The fourth-order valence-electron chi connectivity index (χ4n) is 4.32. The highest BCUT2D eigenvalue weighted by molar-refractivity contribution is 5.81. The number of carbonyl (C=O) groups excluding carboxylic acids is 1. The van der Waals surface area contributed by atoms with Gasteiger partial charge >= 0.3 is 18.2 Å². The van der Waals surface area contributed by atoms with Gasteiger partial charge in [-0.25, -0.2) is 9.59 Å². The number of carboxylic acids is 1. The van der Waals surface area contributed by atoms with Gasteiger partial charge in [0.2, 0.25) is 0 Å². The molecule has 0 heterocycles. The van der Waals surface area contributed by atoms with E-state index in [1.54, 1.807) is 0 Å². The molecule has 0 bridgehead atoms. The molecule has 0 radical (unpaired) electrons. The fraction of sp³-hybridized carbons (Fsp3) is 0.231. The fourth-order valence-corrected chi connectivity index (χ4v) is 4.32. The van der Waals surface area contributed by atoms with Crippen molar-refractivity contribution in [3.8, 4) is 11.1 Å². The zero-order chi connectivity index (χ0) is 24.5. The first-order chi connectivity index (χ1) is 16.1. The maximum Gasteiger partial charge on any atom is 0.416 e. The lowest BCUT2D eigenvalue weighted by molar-refractivity contribution is -0.139. The van der Waals surface area contributed by atoms with Crippen LogP contribution < -0.4 is 5.32 Å². The number of carboxylic acid groups (broad SMARTS) is 1. The average molecular weight is 469 g/mol. The Morgan fingerprint density at radius 1 is 1.00 bits per heavy atom. The maximum absolute atomic E-state index is 13.2. The summed E-state index contributed by atoms with van der Waals surface area (Å²) in [6.45, 7) is 1.32. The molecule has 176 valence electrons. The third kappa shape index (κ3) is 4.76. The lowest BCUT2D eigenvalue weighted by atomic mass is 9.98. The molecule has 2 N–H and O–H groups in total. The van der Waals surface area contributed by atoms with Gasteiger partial charge < -0.3 is 15.2 Å². The van der Waals surface area contributed by atoms with E-state index in [4.69, 9.17) is 4.74 Å². The first kappa shape index (κ1) is 23.4. The second kappa shape index (κ2) is 9.21. The highest BCUT2D eigenvalue weighted by Gasteiger charge is 2.33. The van der Waals surface area contributed by atoms with Gasteiger partial charge in [-0.3, -0.25) is 0 Å². The van der Waals surface area contributed by atoms with Crippen molar-refractivity contribution >= 4 is 12.1 Å². The molecule has 1 unspecified atom stereocenters. The number of amides is 1. The lowest BCUT2D eigenvalue weighted by Gasteiger charge is -2.18. The molecular formula is C26H22F3NO4. The molecule has 1 aliphatic carbocycles. The number of halogens is 3. The first-order valence-corrected chi connectivity index (χ1v) is 10.7. The summed E-state index contributed by atoms with van der Waals surface area (Å²) in [5, 5.41) is 11.8. The van der Waals surface area contributed by atoms with Crippen molar-refractivity contribution in [3.05, 3.63) is 94.5 Å². The predicted molar refractivity (Wildman–Crippen MR) is 120 cm³/mol. The van der Waals surface area contributed by atoms with Crippen LogP contribution in [-0.2, 0) is 22.1 Å². The minimum atomic E-state index is -4.56. The third-order valence-corrected chi connectivity index (χ3v) is 5.98. The molecule has 34 heavy (non-hydrogen) atoms. The van der Waals surface area contributed by atoms with E-state index < -0.39 is 29.8 Å². The Bertz CT molecular complexity index is 1190. The van der Waals surface area contributed by atoms with Crippen LogP contribution in [0.25, 0.3) is 11.1 Å². The number of alkyl carbamates (subject to hydrolysis) is 1. The number of aliphatic carboxylic acids is 1. The van der Waals surface area contributed by atoms with Crippen LogP contribution in [0.1, 0.15) is 33.7 Å². The summed E-state index contributed by atoms with van der Waals surface area (Å²) in [6.07, 6.45) is -5.82. The van der Waals surface area contributed by atoms with Crippen molar-refractivity contribution in [1.29, 1.82) is 0 Å². The zero-order valence-electron chi connectivity index (χ0n) is 18.2. The van der Waals surface area contributed by atoms with Crippen LogP contribution in [0, 0.1) is 6.92 Å². The van der Waals surface area contributed by atoms with E-state index in [-0.39, 0.29) is 30.1 Å². The number of fused-ring (bicyclic) bond motifs is 3. The quantitative estimate of drug-likeness (QED) is 0.497. The maximum atomic E-state index is 13.2. The van der Waals surface area contributed by atoms with Gasteiger partial charge in [0.05, 0.1) is 5.56 Å². The lowest BCUT2D eigenvalue weighted by Crippen LogP contribution is -2.43. The minimum Gasteiger partial charge on any atom is -0.480 e. The molecule has 3 aromatic carbocycles. The largest absolute Gasteiger partial charge is 0.480 e. The van der Waals surface area contributed by atoms with Crippen molar-refractivity contribution in [2.75, 3.05) is 6.61 Å². The Hall–Kier alpha value is -3.81. The van der Waals surface area contributed by atoms with Crippen LogP contribution in [0.3, 0.4) is 0 Å². The van der Waals surface area contributed by atoms with Gasteiger partial charge in [0.25, 0.3) is 0 Å². The number of hydrogen-bond donors (Lipinski definition) is 2. The van der Waals surface area contributed by atoms with Crippen molar-refractivity contribution in [1.82, 2.24) is 5.32 Å². The molecular weight excluding hydrogens is 447 g/mol. The highest BCUT2D eigenvalue weighted by Crippen LogP contribution is 2.44. The molecule has 0 saturated carbocycles. The van der Waals surface area contributed by atoms with Crippen LogP contribution in [0.15, 0.2) is 66.7 Å². The Labute approximate surface area is 194 Å². The monoisotopic (exact) mass is 469 g/mol. The van der Waals surface area contributed by atoms with Crippen molar-refractivity contribution in [2.45, 2.75) is 31.5 Å². The van der Waals surface area contributed by atoms with Crippen LogP contribution >= 0.6 is 0 Å². The Morgan fingerprint density at radius 2 is 1.59 bits per heavy atom. The van der Waals surface area contributed by atoms with E-state index in [0.29, 0.717) is 0 Å². The van der Waals surface area contributed by atoms with Crippen molar-refractivity contribution < 1.29 is 32.6 Å². The number of rotatable bonds is 6. The van der Waals surface area contributed by atoms with Gasteiger partial charge in [0.1, 0.15) is 12.6 Å². The van der Waals surface area contributed by atoms with Crippen molar-refractivity contribution in [2.24, 2.45) is 0 Å². The number of hydrogen-bond acceptors (Lipinski definition) is 3. The van der Waals surface area contributed by atoms with E-state index >= 15 is 0 Å². The summed E-state index contributed by atoms with van der Waals surface area (Å²) in [5.41, 5.74) is 3.45. The summed E-state index contributed by atoms with van der Waals surface area (Å²) < 4.78 is 44.9. The minimum absolute atomic E-state index is 0.00501. The molecule has 0 fully saturated rings. The molecule has 1 atom stereocenters. The van der Waals surface area contributed by atoms with Crippen LogP contribution in [-0.4, -0.2) is 29.8 Å². The summed E-state index contributed by atoms with van der Waals surface area (Å²) >= 11 is 0. The van der Waals surface area contributed by atoms with Crippen LogP contribution in [0.4, 0.5) is 18.0 Å². The van der Waals surface area contributed by atoms with Gasteiger partial charge in [-0.2, -0.15) is 13.2 Å². The number of carbonyl (C=O) groups is 2. The van der Waals surface area contributed by atoms with E-state index in [1.807, 2.05) is 48.5 Å². The van der Waals surface area contributed by atoms with Gasteiger partial charge in [0, 0.05) is 12.3 Å². The summed E-state index contributed by atoms with van der Waals surface area (Å²) in [6, 6.07) is 17.7. The topological polar surface area (TPSA) is 75.6 Å². The molecule has 1 amide bonds. The van der Waals surface area contributed by atoms with Gasteiger partial charge in [0.15, 0.2) is 0 Å². The zero-order valence-corrected chi connectivity index (χ0v) is 18.2. The summed E-state index contributed by atoms with van der Waals surface area (Å²) in [5.74, 6) is -1.57. The van der Waals surface area contributed by atoms with Gasteiger partial charge in [-0.15, -0.1) is 0 Å². The first-order valence-electron chi connectivity index (χ1n) is 10.7. The Kier molecular flexibility index (Phi) is 6.32. The Morgan fingerprint density at radius 3 is 2.15 bits per heavy atom. The molecule has 0 aliphatic heterocycles. The predicted octanol–water partition coefficient (Wildman–Crippen LogP) is 5.55. The molecule has 4 rings (SSSR count). The van der Waals surface area contributed by atoms with E-state index in [9.17, 15) is 27.9 Å². The van der Waals surface area contributed by atoms with E-state index in [1.165, 1.54) is 19.1 Å². The third-order valence-electron chi connectivity index (χ3n) is 5.98. The number of nitrogens with one attached hydrogen (secondary N) is 1. The standard InChI is InChI=1S/C26H22F3NO4/c1-15-10-11-16(12-22(15)26(27,28)29)13-23(24(31)32)30-25(33)34-14-21-19-8-4-2-6-17(19)18-7-3-5-9-20(18)21/h2-12,21,23H,13-14H2,1H3,(H,30,33)(H,31,32). The average Bonchev–Trinajstić information content (AvgIpc) is 3.11. The highest BCUT2D eigenvalue weighted by atomic mass is 19.4. The molecule has 3 aromatic rings. The van der Waals surface area contributed by atoms with Crippen LogP contribution in [0.2, 0.25) is 0 Å². The summed E-state index contributed by atoms with van der Waals surface area (Å²) in [7, 11) is 0. The second-order valence-electron chi connectivity index (χ2n) is 8.21. The number of aryl methyl sites for hydroxylation is 1. The number of ether oxygens (including phenoxy) is 1. The molecule has 0 aromatic heterocycles. The molecule has 5 nitrogen and oxygen atoms in total. The number of benzene rings is 3. The van der Waals surface area contributed by atoms with Gasteiger partial charge in [-0.05, 0) is 46.4 Å². The van der Waals surface area contributed by atoms with Crippen LogP contribution in [0.5, 0.6) is 0 Å². The smallest absolute Gasteiger partial charge is 0.416 e. The Balaban J connectivity index is 1.44. The molecule has 0 spiro atoms. The van der Waals surface area contributed by atoms with Gasteiger partial charge in [-0.1, -0.05) is 60.7 Å². The second-order valence-corrected chi connectivity index (χ2v) is 8.21. The van der Waals surface area contributed by atoms with E-state index in [2.05, 4.69) is 5.32 Å². The molecule has 8 heteroatoms. The SMILES string of the molecule is Cc1ccc(CC(NC(=O)OCC2c3ccccc3-c3ccccc32)C(=O)O)cc1C(F)(F)F. The van der Waals surface area contributed by atoms with E-state index in [0.717, 1.165) is 28.3 Å². The molecule has 1 aliphatic rings. The van der Waals surface area contributed by atoms with Crippen molar-refractivity contribution in [3.63, 3.8) is 0 Å².